The van der Waals surface area contributed by atoms with Gasteiger partial charge in [-0.05, 0) is 79.6 Å². The lowest BCUT2D eigenvalue weighted by Crippen LogP contribution is -2.51. The maximum Gasteiger partial charge on any atom is 0.416 e. The van der Waals surface area contributed by atoms with Crippen molar-refractivity contribution in [3.05, 3.63) is 101 Å². The van der Waals surface area contributed by atoms with Gasteiger partial charge in [0.15, 0.2) is 0 Å². The fourth-order valence-electron chi connectivity index (χ4n) is 6.18. The Kier molecular flexibility index (Phi) is 7.84. The fraction of sp³-hybridized carbons (Fsp3) is 0.387. The first-order valence-corrected chi connectivity index (χ1v) is 13.4. The van der Waals surface area contributed by atoms with E-state index in [4.69, 9.17) is 0 Å². The zero-order valence-electron chi connectivity index (χ0n) is 21.2. The smallest absolute Gasteiger partial charge is 0.305 e. The van der Waals surface area contributed by atoms with Gasteiger partial charge in [0, 0.05) is 36.4 Å². The van der Waals surface area contributed by atoms with Crippen LogP contribution in [0.3, 0.4) is 0 Å². The molecule has 1 amide bonds. The van der Waals surface area contributed by atoms with Crippen LogP contribution in [0.4, 0.5) is 23.2 Å². The number of halogens is 4. The number of rotatable bonds is 5. The molecule has 0 spiro atoms. The van der Waals surface area contributed by atoms with Gasteiger partial charge >= 0.3 is 6.18 Å². The van der Waals surface area contributed by atoms with Gasteiger partial charge in [0.05, 0.1) is 5.56 Å². The molecule has 1 heterocycles. The maximum absolute atomic E-state index is 13.7. The molecular formula is C31H32F4N2O. The van der Waals surface area contributed by atoms with Crippen molar-refractivity contribution in [2.24, 2.45) is 0 Å². The molecule has 3 aromatic rings. The normalized spacial score (nSPS) is 21.3. The maximum atomic E-state index is 13.7. The molecular weight excluding hydrogens is 492 g/mol. The Bertz CT molecular complexity index is 1220. The Morgan fingerprint density at radius 1 is 0.816 bits per heavy atom. The van der Waals surface area contributed by atoms with Gasteiger partial charge in [-0.1, -0.05) is 49.2 Å². The van der Waals surface area contributed by atoms with E-state index in [1.807, 2.05) is 6.07 Å². The Morgan fingerprint density at radius 2 is 1.50 bits per heavy atom. The number of anilines is 1. The lowest BCUT2D eigenvalue weighted by atomic mass is 9.78. The lowest BCUT2D eigenvalue weighted by Gasteiger charge is -2.45. The number of nitrogens with zero attached hydrogens (tertiary/aromatic N) is 2. The molecule has 2 fully saturated rings. The summed E-state index contributed by atoms with van der Waals surface area (Å²) >= 11 is 0. The minimum atomic E-state index is -4.54. The SMILES string of the molecule is O=C(c1cccc(C(F)(F)F)c1)N(c1ccc(F)cc1)C1CCN(C2CCCCC2c2ccccc2)CC1. The van der Waals surface area contributed by atoms with Gasteiger partial charge < -0.3 is 4.90 Å². The van der Waals surface area contributed by atoms with Crippen molar-refractivity contribution in [3.63, 3.8) is 0 Å². The predicted octanol–water partition coefficient (Wildman–Crippen LogP) is 7.68. The third kappa shape index (κ3) is 5.78. The molecule has 1 saturated carbocycles. The van der Waals surface area contributed by atoms with Crippen LogP contribution >= 0.6 is 0 Å². The summed E-state index contributed by atoms with van der Waals surface area (Å²) in [6, 6.07) is 21.0. The first-order valence-electron chi connectivity index (χ1n) is 13.4. The second-order valence-corrected chi connectivity index (χ2v) is 10.4. The van der Waals surface area contributed by atoms with Crippen LogP contribution in [0, 0.1) is 5.82 Å². The molecule has 0 aromatic heterocycles. The summed E-state index contributed by atoms with van der Waals surface area (Å²) in [6.45, 7) is 1.60. The molecule has 38 heavy (non-hydrogen) atoms. The van der Waals surface area contributed by atoms with E-state index < -0.39 is 23.5 Å². The molecule has 0 bridgehead atoms. The average molecular weight is 525 g/mol. The molecule has 2 atom stereocenters. The Hall–Kier alpha value is -3.19. The van der Waals surface area contributed by atoms with Crippen molar-refractivity contribution in [2.45, 2.75) is 62.7 Å². The highest BCUT2D eigenvalue weighted by Gasteiger charge is 2.37. The van der Waals surface area contributed by atoms with E-state index >= 15 is 0 Å². The predicted molar refractivity (Wildman–Crippen MR) is 141 cm³/mol. The Labute approximate surface area is 221 Å². The largest absolute Gasteiger partial charge is 0.416 e. The zero-order valence-corrected chi connectivity index (χ0v) is 21.2. The topological polar surface area (TPSA) is 23.6 Å². The molecule has 1 aliphatic carbocycles. The molecule has 2 aliphatic rings. The van der Waals surface area contributed by atoms with Crippen molar-refractivity contribution in [1.29, 1.82) is 0 Å². The van der Waals surface area contributed by atoms with Crippen molar-refractivity contribution in [3.8, 4) is 0 Å². The Morgan fingerprint density at radius 3 is 2.18 bits per heavy atom. The van der Waals surface area contributed by atoms with Gasteiger partial charge in [0.2, 0.25) is 0 Å². The molecule has 5 rings (SSSR count). The number of hydrogen-bond donors (Lipinski definition) is 0. The first kappa shape index (κ1) is 26.4. The van der Waals surface area contributed by atoms with Gasteiger partial charge in [-0.25, -0.2) is 4.39 Å². The highest BCUT2D eigenvalue weighted by molar-refractivity contribution is 6.06. The summed E-state index contributed by atoms with van der Waals surface area (Å²) in [5, 5.41) is 0. The molecule has 200 valence electrons. The van der Waals surface area contributed by atoms with Crippen LogP contribution in [0.25, 0.3) is 0 Å². The second-order valence-electron chi connectivity index (χ2n) is 10.4. The van der Waals surface area contributed by atoms with Crippen LogP contribution in [-0.2, 0) is 6.18 Å². The van der Waals surface area contributed by atoms with E-state index in [-0.39, 0.29) is 11.6 Å². The summed E-state index contributed by atoms with van der Waals surface area (Å²) in [4.78, 5) is 17.8. The van der Waals surface area contributed by atoms with Crippen molar-refractivity contribution < 1.29 is 22.4 Å². The van der Waals surface area contributed by atoms with E-state index in [9.17, 15) is 22.4 Å². The third-order valence-electron chi connectivity index (χ3n) is 8.05. The molecule has 0 radical (unpaired) electrons. The zero-order chi connectivity index (χ0) is 26.7. The number of alkyl halides is 3. The Balaban J connectivity index is 1.37. The van der Waals surface area contributed by atoms with Crippen molar-refractivity contribution in [1.82, 2.24) is 4.90 Å². The van der Waals surface area contributed by atoms with E-state index in [0.29, 0.717) is 30.5 Å². The minimum Gasteiger partial charge on any atom is -0.305 e. The number of amides is 1. The molecule has 1 saturated heterocycles. The molecule has 1 aliphatic heterocycles. The van der Waals surface area contributed by atoms with Crippen LogP contribution in [0.5, 0.6) is 0 Å². The monoisotopic (exact) mass is 524 g/mol. The van der Waals surface area contributed by atoms with Crippen LogP contribution in [0.2, 0.25) is 0 Å². The van der Waals surface area contributed by atoms with E-state index in [1.54, 1.807) is 4.90 Å². The van der Waals surface area contributed by atoms with Crippen LogP contribution in [-0.4, -0.2) is 36.0 Å². The number of piperidine rings is 1. The molecule has 7 heteroatoms. The highest BCUT2D eigenvalue weighted by atomic mass is 19.4. The summed E-state index contributed by atoms with van der Waals surface area (Å²) in [5.41, 5.74) is 0.976. The van der Waals surface area contributed by atoms with E-state index in [1.165, 1.54) is 54.8 Å². The summed E-state index contributed by atoms with van der Waals surface area (Å²) in [6.07, 6.45) is 1.55. The van der Waals surface area contributed by atoms with E-state index in [2.05, 4.69) is 29.2 Å². The highest BCUT2D eigenvalue weighted by Crippen LogP contribution is 2.38. The number of likely N-dealkylation sites (tertiary alicyclic amines) is 1. The number of hydrogen-bond acceptors (Lipinski definition) is 2. The minimum absolute atomic E-state index is 0.0250. The third-order valence-corrected chi connectivity index (χ3v) is 8.05. The first-order chi connectivity index (χ1) is 18.3. The van der Waals surface area contributed by atoms with Gasteiger partial charge in [-0.15, -0.1) is 0 Å². The van der Waals surface area contributed by atoms with Crippen LogP contribution in [0.1, 0.15) is 65.9 Å². The van der Waals surface area contributed by atoms with Crippen molar-refractivity contribution in [2.75, 3.05) is 18.0 Å². The van der Waals surface area contributed by atoms with Gasteiger partial charge in [-0.2, -0.15) is 13.2 Å². The molecule has 2 unspecified atom stereocenters. The van der Waals surface area contributed by atoms with Crippen LogP contribution in [0.15, 0.2) is 78.9 Å². The number of benzene rings is 3. The molecule has 3 nitrogen and oxygen atoms in total. The summed E-state index contributed by atoms with van der Waals surface area (Å²) in [7, 11) is 0. The number of carbonyl (C=O) groups is 1. The lowest BCUT2D eigenvalue weighted by molar-refractivity contribution is -0.137. The molecule has 0 N–H and O–H groups in total. The van der Waals surface area contributed by atoms with Crippen molar-refractivity contribution >= 4 is 11.6 Å². The van der Waals surface area contributed by atoms with E-state index in [0.717, 1.165) is 38.1 Å². The van der Waals surface area contributed by atoms with Gasteiger partial charge in [0.1, 0.15) is 5.82 Å². The van der Waals surface area contributed by atoms with Gasteiger partial charge in [-0.3, -0.25) is 9.69 Å². The second kappa shape index (κ2) is 11.3. The standard InChI is InChI=1S/C31H32F4N2O/c32-25-13-15-26(16-14-25)37(30(38)23-9-6-10-24(21-23)31(33,34)35)27-17-19-36(20-18-27)29-12-5-4-11-28(29)22-7-2-1-3-8-22/h1-3,6-10,13-16,21,27-29H,4-5,11-12,17-20H2. The average Bonchev–Trinajstić information content (AvgIpc) is 2.95. The summed E-state index contributed by atoms with van der Waals surface area (Å²) in [5.74, 6) is -0.457. The molecule has 3 aromatic carbocycles. The number of carbonyl (C=O) groups excluding carboxylic acids is 1. The van der Waals surface area contributed by atoms with Crippen LogP contribution < -0.4 is 4.90 Å². The fourth-order valence-corrected chi connectivity index (χ4v) is 6.18. The quantitative estimate of drug-likeness (QED) is 0.320. The van der Waals surface area contributed by atoms with Gasteiger partial charge in [0.25, 0.3) is 5.91 Å². The summed E-state index contributed by atoms with van der Waals surface area (Å²) < 4.78 is 53.8.